The smallest absolute Gasteiger partial charge is 0.249 e. The molecule has 2 rings (SSSR count). The molecular weight excluding hydrogens is 152 g/mol. The highest BCUT2D eigenvalue weighted by atomic mass is 16.1. The number of para-hydroxylation sites is 2. The van der Waals surface area contributed by atoms with Crippen LogP contribution in [0.2, 0.25) is 0 Å². The van der Waals surface area contributed by atoms with Crippen LogP contribution in [0.5, 0.6) is 0 Å². The van der Waals surface area contributed by atoms with Crippen molar-refractivity contribution in [1.29, 1.82) is 0 Å². The van der Waals surface area contributed by atoms with Gasteiger partial charge in [-0.3, -0.25) is 4.79 Å². The van der Waals surface area contributed by atoms with Gasteiger partial charge in [-0.25, -0.2) is 0 Å². The van der Waals surface area contributed by atoms with E-state index >= 15 is 0 Å². The van der Waals surface area contributed by atoms with Crippen LogP contribution < -0.4 is 10.6 Å². The first kappa shape index (κ1) is 6.91. The van der Waals surface area contributed by atoms with Gasteiger partial charge in [0, 0.05) is 12.3 Å². The minimum Gasteiger partial charge on any atom is -0.360 e. The molecule has 0 spiro atoms. The van der Waals surface area contributed by atoms with Gasteiger partial charge in [0.15, 0.2) is 0 Å². The Kier molecular flexibility index (Phi) is 1.55. The summed E-state index contributed by atoms with van der Waals surface area (Å²) in [5.41, 5.74) is 1.73. The maximum atomic E-state index is 11.0. The van der Waals surface area contributed by atoms with Crippen LogP contribution in [-0.4, -0.2) is 5.91 Å². The van der Waals surface area contributed by atoms with Crippen molar-refractivity contribution in [2.24, 2.45) is 0 Å². The molecule has 0 aliphatic carbocycles. The van der Waals surface area contributed by atoms with Gasteiger partial charge in [-0.1, -0.05) is 12.1 Å². The van der Waals surface area contributed by atoms with Crippen molar-refractivity contribution in [2.45, 2.75) is 0 Å². The number of hydrogen-bond acceptors (Lipinski definition) is 2. The van der Waals surface area contributed by atoms with Gasteiger partial charge in [0.25, 0.3) is 0 Å². The molecule has 1 aromatic carbocycles. The van der Waals surface area contributed by atoms with Gasteiger partial charge in [-0.15, -0.1) is 0 Å². The van der Waals surface area contributed by atoms with E-state index in [1.807, 2.05) is 24.3 Å². The lowest BCUT2D eigenvalue weighted by atomic mass is 10.2. The normalized spacial score (nSPS) is 14.2. The Morgan fingerprint density at radius 1 is 1.08 bits per heavy atom. The van der Waals surface area contributed by atoms with E-state index in [2.05, 4.69) is 10.6 Å². The van der Waals surface area contributed by atoms with Crippen molar-refractivity contribution >= 4 is 17.3 Å². The fourth-order valence-electron chi connectivity index (χ4n) is 1.10. The first-order valence-electron chi connectivity index (χ1n) is 3.69. The number of hydrogen-bond donors (Lipinski definition) is 2. The maximum Gasteiger partial charge on any atom is 0.249 e. The zero-order valence-electron chi connectivity index (χ0n) is 6.37. The number of benzene rings is 1. The number of nitrogens with one attached hydrogen (secondary N) is 2. The fraction of sp³-hybridized carbons (Fsp3) is 0. The number of carbonyl (C=O) groups excluding carboxylic acids is 1. The zero-order chi connectivity index (χ0) is 8.39. The molecule has 1 aliphatic rings. The number of amides is 1. The SMILES string of the molecule is O=C1C=CNc2ccccc2N1. The summed E-state index contributed by atoms with van der Waals surface area (Å²) in [5.74, 6) is -0.104. The molecule has 0 atom stereocenters. The monoisotopic (exact) mass is 160 g/mol. The van der Waals surface area contributed by atoms with Gasteiger partial charge in [0.1, 0.15) is 0 Å². The van der Waals surface area contributed by atoms with Crippen LogP contribution in [0, 0.1) is 0 Å². The third kappa shape index (κ3) is 1.16. The average Bonchev–Trinajstić information content (AvgIpc) is 2.25. The number of anilines is 2. The molecular formula is C9H8N2O. The Balaban J connectivity index is 2.44. The van der Waals surface area contributed by atoms with E-state index in [4.69, 9.17) is 0 Å². The maximum absolute atomic E-state index is 11.0. The molecule has 0 saturated carbocycles. The standard InChI is InChI=1S/C9H8N2O/c12-9-5-6-10-7-3-1-2-4-8(7)11-9/h1-6,10H,(H,11,12). The van der Waals surface area contributed by atoms with E-state index in [0.717, 1.165) is 11.4 Å². The Bertz CT molecular complexity index is 344. The predicted octanol–water partition coefficient (Wildman–Crippen LogP) is 1.56. The molecule has 60 valence electrons. The van der Waals surface area contributed by atoms with Crippen molar-refractivity contribution in [3.05, 3.63) is 36.5 Å². The molecule has 1 heterocycles. The largest absolute Gasteiger partial charge is 0.360 e. The first-order chi connectivity index (χ1) is 5.86. The predicted molar refractivity (Wildman–Crippen MR) is 47.8 cm³/mol. The van der Waals surface area contributed by atoms with Gasteiger partial charge in [0.2, 0.25) is 5.91 Å². The molecule has 1 amide bonds. The highest BCUT2D eigenvalue weighted by Crippen LogP contribution is 2.22. The summed E-state index contributed by atoms with van der Waals surface area (Å²) in [6, 6.07) is 7.56. The first-order valence-corrected chi connectivity index (χ1v) is 3.69. The second-order valence-corrected chi connectivity index (χ2v) is 2.51. The summed E-state index contributed by atoms with van der Waals surface area (Å²) >= 11 is 0. The molecule has 1 aromatic rings. The van der Waals surface area contributed by atoms with Crippen LogP contribution >= 0.6 is 0 Å². The molecule has 0 bridgehead atoms. The lowest BCUT2D eigenvalue weighted by Crippen LogP contribution is -2.06. The average molecular weight is 160 g/mol. The molecule has 0 aromatic heterocycles. The molecule has 12 heavy (non-hydrogen) atoms. The van der Waals surface area contributed by atoms with Crippen LogP contribution in [0.4, 0.5) is 11.4 Å². The summed E-state index contributed by atoms with van der Waals surface area (Å²) in [6.45, 7) is 0. The molecule has 0 saturated heterocycles. The van der Waals surface area contributed by atoms with E-state index in [1.54, 1.807) is 6.20 Å². The minimum absolute atomic E-state index is 0.104. The van der Waals surface area contributed by atoms with Gasteiger partial charge in [0.05, 0.1) is 11.4 Å². The van der Waals surface area contributed by atoms with Crippen molar-refractivity contribution in [3.63, 3.8) is 0 Å². The molecule has 3 heteroatoms. The highest BCUT2D eigenvalue weighted by molar-refractivity contribution is 6.03. The van der Waals surface area contributed by atoms with Gasteiger partial charge < -0.3 is 10.6 Å². The quantitative estimate of drug-likeness (QED) is 0.604. The summed E-state index contributed by atoms with van der Waals surface area (Å²) in [4.78, 5) is 11.0. The lowest BCUT2D eigenvalue weighted by Gasteiger charge is -2.05. The van der Waals surface area contributed by atoms with E-state index in [1.165, 1.54) is 6.08 Å². The summed E-state index contributed by atoms with van der Waals surface area (Å²) in [7, 11) is 0. The number of carbonyl (C=O) groups is 1. The van der Waals surface area contributed by atoms with E-state index < -0.39 is 0 Å². The third-order valence-electron chi connectivity index (χ3n) is 1.66. The second kappa shape index (κ2) is 2.70. The van der Waals surface area contributed by atoms with Crippen LogP contribution in [0.3, 0.4) is 0 Å². The molecule has 3 nitrogen and oxygen atoms in total. The number of rotatable bonds is 0. The molecule has 0 radical (unpaired) electrons. The third-order valence-corrected chi connectivity index (χ3v) is 1.66. The van der Waals surface area contributed by atoms with E-state index in [-0.39, 0.29) is 5.91 Å². The summed E-state index contributed by atoms with van der Waals surface area (Å²) in [5, 5.41) is 5.73. The van der Waals surface area contributed by atoms with Crippen LogP contribution in [0.25, 0.3) is 0 Å². The molecule has 1 aliphatic heterocycles. The Labute approximate surface area is 70.1 Å². The second-order valence-electron chi connectivity index (χ2n) is 2.51. The molecule has 0 fully saturated rings. The zero-order valence-corrected chi connectivity index (χ0v) is 6.37. The highest BCUT2D eigenvalue weighted by Gasteiger charge is 2.05. The molecule has 2 N–H and O–H groups in total. The van der Waals surface area contributed by atoms with Crippen molar-refractivity contribution in [1.82, 2.24) is 0 Å². The van der Waals surface area contributed by atoms with Crippen molar-refractivity contribution in [3.8, 4) is 0 Å². The Hall–Kier alpha value is -1.77. The van der Waals surface area contributed by atoms with Crippen LogP contribution in [0.1, 0.15) is 0 Å². The van der Waals surface area contributed by atoms with E-state index in [0.29, 0.717) is 0 Å². The minimum atomic E-state index is -0.104. The Morgan fingerprint density at radius 2 is 1.83 bits per heavy atom. The van der Waals surface area contributed by atoms with Crippen LogP contribution in [0.15, 0.2) is 36.5 Å². The van der Waals surface area contributed by atoms with Gasteiger partial charge in [-0.05, 0) is 12.1 Å². The van der Waals surface area contributed by atoms with E-state index in [9.17, 15) is 4.79 Å². The van der Waals surface area contributed by atoms with Gasteiger partial charge in [-0.2, -0.15) is 0 Å². The Morgan fingerprint density at radius 3 is 2.67 bits per heavy atom. The van der Waals surface area contributed by atoms with Crippen molar-refractivity contribution < 1.29 is 4.79 Å². The topological polar surface area (TPSA) is 41.1 Å². The fourth-order valence-corrected chi connectivity index (χ4v) is 1.10. The number of fused-ring (bicyclic) bond motifs is 1. The summed E-state index contributed by atoms with van der Waals surface area (Å²) in [6.07, 6.45) is 3.08. The lowest BCUT2D eigenvalue weighted by molar-refractivity contribution is -0.111. The van der Waals surface area contributed by atoms with Gasteiger partial charge >= 0.3 is 0 Å². The summed E-state index contributed by atoms with van der Waals surface area (Å²) < 4.78 is 0. The van der Waals surface area contributed by atoms with Crippen LogP contribution in [-0.2, 0) is 4.79 Å². The molecule has 0 unspecified atom stereocenters. The van der Waals surface area contributed by atoms with Crippen molar-refractivity contribution in [2.75, 3.05) is 10.6 Å².